The molecule has 0 saturated heterocycles. The second-order valence-corrected chi connectivity index (χ2v) is 5.76. The molecule has 3 nitrogen and oxygen atoms in total. The van der Waals surface area contributed by atoms with E-state index in [1.54, 1.807) is 6.08 Å². The van der Waals surface area contributed by atoms with Gasteiger partial charge in [0.25, 0.3) is 0 Å². The fourth-order valence-electron chi connectivity index (χ4n) is 2.47. The summed E-state index contributed by atoms with van der Waals surface area (Å²) >= 11 is 0. The summed E-state index contributed by atoms with van der Waals surface area (Å²) in [5.41, 5.74) is 5.14. The second-order valence-electron chi connectivity index (χ2n) is 5.76. The number of hydrogen-bond acceptors (Lipinski definition) is 2. The van der Waals surface area contributed by atoms with E-state index in [0.29, 0.717) is 13.0 Å². The van der Waals surface area contributed by atoms with Gasteiger partial charge in [-0.25, -0.2) is 0 Å². The average Bonchev–Trinajstić information content (AvgIpc) is 2.61. The van der Waals surface area contributed by atoms with Gasteiger partial charge in [-0.2, -0.15) is 0 Å². The predicted molar refractivity (Wildman–Crippen MR) is 100 cm³/mol. The Morgan fingerprint density at radius 1 is 1.21 bits per heavy atom. The molecule has 0 aromatic heterocycles. The fourth-order valence-corrected chi connectivity index (χ4v) is 2.47. The minimum Gasteiger partial charge on any atom is -0.489 e. The van der Waals surface area contributed by atoms with Crippen molar-refractivity contribution < 1.29 is 9.53 Å². The van der Waals surface area contributed by atoms with Crippen LogP contribution in [0.5, 0.6) is 5.75 Å². The number of carbonyl (C=O) groups excluding carboxylic acids is 1. The molecule has 24 heavy (non-hydrogen) atoms. The zero-order valence-electron chi connectivity index (χ0n) is 14.7. The smallest absolute Gasteiger partial charge is 0.224 e. The minimum absolute atomic E-state index is 0.00826. The van der Waals surface area contributed by atoms with Crippen LogP contribution in [0, 0.1) is 6.92 Å². The van der Waals surface area contributed by atoms with Crippen molar-refractivity contribution in [2.75, 3.05) is 5.32 Å². The molecule has 2 rings (SSSR count). The van der Waals surface area contributed by atoms with E-state index < -0.39 is 0 Å². The number of carbonyl (C=O) groups is 1. The summed E-state index contributed by atoms with van der Waals surface area (Å²) in [4.78, 5) is 11.7. The van der Waals surface area contributed by atoms with Gasteiger partial charge in [0.05, 0.1) is 0 Å². The van der Waals surface area contributed by atoms with Crippen LogP contribution in [0.3, 0.4) is 0 Å². The van der Waals surface area contributed by atoms with Gasteiger partial charge in [-0.1, -0.05) is 44.7 Å². The van der Waals surface area contributed by atoms with Crippen LogP contribution in [0.1, 0.15) is 42.5 Å². The van der Waals surface area contributed by atoms with Crippen LogP contribution in [0.2, 0.25) is 0 Å². The van der Waals surface area contributed by atoms with E-state index in [1.165, 1.54) is 5.56 Å². The van der Waals surface area contributed by atoms with Crippen molar-refractivity contribution in [1.82, 2.24) is 0 Å². The molecule has 126 valence electrons. The Morgan fingerprint density at radius 2 is 2.00 bits per heavy atom. The van der Waals surface area contributed by atoms with Crippen molar-refractivity contribution >= 4 is 17.7 Å². The number of ether oxygens (including phenoxy) is 1. The lowest BCUT2D eigenvalue weighted by atomic mass is 10.1. The van der Waals surface area contributed by atoms with Gasteiger partial charge >= 0.3 is 0 Å². The van der Waals surface area contributed by atoms with E-state index in [2.05, 4.69) is 37.9 Å². The quantitative estimate of drug-likeness (QED) is 0.767. The highest BCUT2D eigenvalue weighted by molar-refractivity contribution is 5.91. The zero-order valence-corrected chi connectivity index (χ0v) is 14.7. The van der Waals surface area contributed by atoms with Crippen LogP contribution in [0.25, 0.3) is 6.08 Å². The largest absolute Gasteiger partial charge is 0.489 e. The van der Waals surface area contributed by atoms with Gasteiger partial charge in [-0.3, -0.25) is 4.79 Å². The third kappa shape index (κ3) is 4.48. The van der Waals surface area contributed by atoms with Gasteiger partial charge < -0.3 is 10.1 Å². The number of amides is 1. The fraction of sp³-hybridized carbons (Fsp3) is 0.286. The van der Waals surface area contributed by atoms with Crippen LogP contribution < -0.4 is 10.1 Å². The Kier molecular flexibility index (Phi) is 6.19. The highest BCUT2D eigenvalue weighted by Gasteiger charge is 2.08. The first-order valence-electron chi connectivity index (χ1n) is 8.34. The summed E-state index contributed by atoms with van der Waals surface area (Å²) in [6.45, 7) is 10.2. The lowest BCUT2D eigenvalue weighted by Crippen LogP contribution is -2.12. The van der Waals surface area contributed by atoms with E-state index >= 15 is 0 Å². The van der Waals surface area contributed by atoms with Crippen molar-refractivity contribution in [1.29, 1.82) is 0 Å². The second kappa shape index (κ2) is 8.34. The topological polar surface area (TPSA) is 38.3 Å². The van der Waals surface area contributed by atoms with Gasteiger partial charge in [-0.15, -0.1) is 0 Å². The number of rotatable bonds is 7. The standard InChI is InChI=1S/C21H25NO2/c1-5-16-9-11-20(15(4)12-16)24-14-18-13-17(6-2)8-10-19(18)22-21(23)7-3/h6,8-13H,2,5,7,14H2,1,3-4H3,(H,22,23). The Labute approximate surface area is 144 Å². The molecule has 2 aromatic carbocycles. The molecule has 0 unspecified atom stereocenters. The van der Waals surface area contributed by atoms with Crippen LogP contribution in [-0.2, 0) is 17.8 Å². The molecule has 0 aliphatic rings. The predicted octanol–water partition coefficient (Wildman–Crippen LogP) is 5.13. The summed E-state index contributed by atoms with van der Waals surface area (Å²) in [7, 11) is 0. The summed E-state index contributed by atoms with van der Waals surface area (Å²) in [5.74, 6) is 0.857. The number of benzene rings is 2. The van der Waals surface area contributed by atoms with Gasteiger partial charge in [0, 0.05) is 17.7 Å². The van der Waals surface area contributed by atoms with E-state index in [0.717, 1.165) is 34.5 Å². The maximum absolute atomic E-state index is 11.7. The van der Waals surface area contributed by atoms with Crippen LogP contribution in [0.15, 0.2) is 43.0 Å². The maximum atomic E-state index is 11.7. The molecule has 0 radical (unpaired) electrons. The van der Waals surface area contributed by atoms with Crippen molar-refractivity contribution in [2.24, 2.45) is 0 Å². The molecule has 1 amide bonds. The van der Waals surface area contributed by atoms with Gasteiger partial charge in [-0.05, 0) is 48.2 Å². The summed E-state index contributed by atoms with van der Waals surface area (Å²) in [5, 5.41) is 2.93. The SMILES string of the molecule is C=Cc1ccc(NC(=O)CC)c(COc2ccc(CC)cc2C)c1. The number of nitrogens with one attached hydrogen (secondary N) is 1. The molecule has 0 atom stereocenters. The molecule has 1 N–H and O–H groups in total. The Balaban J connectivity index is 2.21. The first kappa shape index (κ1) is 17.8. The number of anilines is 1. The molecule has 0 heterocycles. The van der Waals surface area contributed by atoms with Crippen molar-refractivity contribution in [3.05, 3.63) is 65.2 Å². The lowest BCUT2D eigenvalue weighted by molar-refractivity contribution is -0.115. The molecule has 0 spiro atoms. The average molecular weight is 323 g/mol. The van der Waals surface area contributed by atoms with E-state index in [-0.39, 0.29) is 5.91 Å². The Hall–Kier alpha value is -2.55. The molecule has 0 saturated carbocycles. The van der Waals surface area contributed by atoms with Crippen molar-refractivity contribution in [2.45, 2.75) is 40.2 Å². The third-order valence-corrected chi connectivity index (χ3v) is 3.99. The minimum atomic E-state index is -0.00826. The maximum Gasteiger partial charge on any atom is 0.224 e. The van der Waals surface area contributed by atoms with Gasteiger partial charge in [0.15, 0.2) is 0 Å². The monoisotopic (exact) mass is 323 g/mol. The van der Waals surface area contributed by atoms with Gasteiger partial charge in [0.1, 0.15) is 12.4 Å². The van der Waals surface area contributed by atoms with E-state index in [4.69, 9.17) is 4.74 Å². The van der Waals surface area contributed by atoms with Gasteiger partial charge in [0.2, 0.25) is 5.91 Å². The number of aryl methyl sites for hydroxylation is 2. The molecule has 2 aromatic rings. The zero-order chi connectivity index (χ0) is 17.5. The molecule has 0 aliphatic heterocycles. The normalized spacial score (nSPS) is 10.3. The molecule has 3 heteroatoms. The molecule has 0 aliphatic carbocycles. The van der Waals surface area contributed by atoms with Crippen LogP contribution in [-0.4, -0.2) is 5.91 Å². The molecule has 0 fully saturated rings. The first-order valence-corrected chi connectivity index (χ1v) is 8.34. The van der Waals surface area contributed by atoms with Crippen molar-refractivity contribution in [3.8, 4) is 5.75 Å². The third-order valence-electron chi connectivity index (χ3n) is 3.99. The number of hydrogen-bond donors (Lipinski definition) is 1. The Morgan fingerprint density at radius 3 is 2.62 bits per heavy atom. The molecular weight excluding hydrogens is 298 g/mol. The van der Waals surface area contributed by atoms with Crippen LogP contribution in [0.4, 0.5) is 5.69 Å². The lowest BCUT2D eigenvalue weighted by Gasteiger charge is -2.14. The first-order chi connectivity index (χ1) is 11.6. The summed E-state index contributed by atoms with van der Waals surface area (Å²) in [6.07, 6.45) is 3.24. The molecular formula is C21H25NO2. The highest BCUT2D eigenvalue weighted by Crippen LogP contribution is 2.24. The molecule has 0 bridgehead atoms. The van der Waals surface area contributed by atoms with Crippen molar-refractivity contribution in [3.63, 3.8) is 0 Å². The summed E-state index contributed by atoms with van der Waals surface area (Å²) < 4.78 is 5.99. The highest BCUT2D eigenvalue weighted by atomic mass is 16.5. The summed E-state index contributed by atoms with van der Waals surface area (Å²) in [6, 6.07) is 12.1. The Bertz CT molecular complexity index is 735. The van der Waals surface area contributed by atoms with Crippen LogP contribution >= 0.6 is 0 Å². The van der Waals surface area contributed by atoms with E-state index in [1.807, 2.05) is 31.2 Å². The van der Waals surface area contributed by atoms with E-state index in [9.17, 15) is 4.79 Å².